The molecule has 0 saturated carbocycles. The van der Waals surface area contributed by atoms with Crippen molar-refractivity contribution in [1.29, 1.82) is 0 Å². The van der Waals surface area contributed by atoms with Crippen LogP contribution in [0, 0.1) is 30.6 Å². The highest BCUT2D eigenvalue weighted by Crippen LogP contribution is 2.46. The number of nitrogens with one attached hydrogen (secondary N) is 1. The second kappa shape index (κ2) is 19.0. The lowest BCUT2D eigenvalue weighted by Crippen LogP contribution is -2.40. The van der Waals surface area contributed by atoms with Crippen molar-refractivity contribution in [2.75, 3.05) is 19.0 Å². The summed E-state index contributed by atoms with van der Waals surface area (Å²) in [5, 5.41) is 39.5. The molecule has 0 radical (unpaired) electrons. The molecule has 12 nitrogen and oxygen atoms in total. The Morgan fingerprint density at radius 3 is 2.29 bits per heavy atom. The van der Waals surface area contributed by atoms with E-state index in [2.05, 4.69) is 31.1 Å². The summed E-state index contributed by atoms with van der Waals surface area (Å²) in [6.07, 6.45) is 9.69. The summed E-state index contributed by atoms with van der Waals surface area (Å²) < 4.78 is 12.0. The maximum absolute atomic E-state index is 14.8. The van der Waals surface area contributed by atoms with Crippen LogP contribution in [0.1, 0.15) is 136 Å². The fourth-order valence-corrected chi connectivity index (χ4v) is 9.80. The topological polar surface area (TPSA) is 170 Å². The quantitative estimate of drug-likeness (QED) is 0.175. The van der Waals surface area contributed by atoms with E-state index in [0.717, 1.165) is 19.3 Å². The van der Waals surface area contributed by atoms with Crippen molar-refractivity contribution < 1.29 is 39.2 Å². The highest BCUT2D eigenvalue weighted by atomic mass is 16.5. The molecule has 2 aromatic rings. The monoisotopic (exact) mass is 817 g/mol. The number of hydrogen-bond donors (Lipinski definition) is 4. The molecule has 1 amide bonds. The van der Waals surface area contributed by atoms with Crippen molar-refractivity contribution in [2.45, 2.75) is 157 Å². The number of ether oxygens (including phenoxy) is 2. The summed E-state index contributed by atoms with van der Waals surface area (Å²) in [4.78, 5) is 54.3. The number of amides is 1. The maximum atomic E-state index is 14.8. The number of anilines is 1. The average molecular weight is 817 g/mol. The smallest absolute Gasteiger partial charge is 0.302 e. The molecule has 3 aliphatic rings. The number of allylic oxidation sites excluding steroid dienone is 3. The molecule has 2 bridgehead atoms. The lowest BCUT2D eigenvalue weighted by Gasteiger charge is -2.35. The van der Waals surface area contributed by atoms with E-state index >= 15 is 0 Å². The van der Waals surface area contributed by atoms with E-state index < -0.39 is 35.5 Å². The number of aliphatic hydroxyl groups is 1. The summed E-state index contributed by atoms with van der Waals surface area (Å²) in [5.41, 5.74) is -0.0745. The van der Waals surface area contributed by atoms with E-state index in [1.165, 1.54) is 6.92 Å². The molecule has 0 unspecified atom stereocenters. The summed E-state index contributed by atoms with van der Waals surface area (Å²) in [5.74, 6) is -2.28. The standard InChI is InChI=1S/C47H68N4O8/c1-12-32-21-22-47(24-33(13-2)51(32)11)49-38-36-35-34(53)20-16-18-26(5)44(59-31(10)52)29(8)41(54)28(7)23-25(4)17-15-19-27(6)46(57)48-40(39(38)50-47)43(56)37(36)42(55)30(9)45(35)58-14-3/h15,17,19,25-26,28-29,32-33,41,44,54-56H,12-14,16,18,20-24H2,1-11H3,(H,48,57)/b17-15+,27-19-/t25-,26+,28+,29+,32+,33-,41+,44+,47+/m0/s1. The van der Waals surface area contributed by atoms with Gasteiger partial charge in [-0.2, -0.15) is 0 Å². The molecule has 1 fully saturated rings. The number of Topliss-reactive ketones (excluding diaryl/α,β-unsaturated/α-hetero) is 1. The number of hydrogen-bond acceptors (Lipinski definition) is 11. The molecule has 4 N–H and O–H groups in total. The van der Waals surface area contributed by atoms with E-state index in [1.807, 2.05) is 39.8 Å². The Balaban J connectivity index is 1.79. The van der Waals surface area contributed by atoms with E-state index in [4.69, 9.17) is 19.5 Å². The Morgan fingerprint density at radius 1 is 0.966 bits per heavy atom. The predicted octanol–water partition coefficient (Wildman–Crippen LogP) is 7.61. The number of aromatic hydroxyl groups is 2. The van der Waals surface area contributed by atoms with Crippen molar-refractivity contribution in [3.63, 3.8) is 0 Å². The third-order valence-corrected chi connectivity index (χ3v) is 13.3. The van der Waals surface area contributed by atoms with Crippen LogP contribution in [-0.2, 0) is 14.3 Å². The first kappa shape index (κ1) is 45.8. The maximum Gasteiger partial charge on any atom is 0.302 e. The number of rotatable bonds is 5. The Morgan fingerprint density at radius 2 is 1.64 bits per heavy atom. The number of likely N-dealkylation sites (tertiary alicyclic amines) is 1. The normalized spacial score (nSPS) is 31.6. The second-order valence-electron chi connectivity index (χ2n) is 17.6. The van der Waals surface area contributed by atoms with Crippen LogP contribution in [-0.4, -0.2) is 81.5 Å². The van der Waals surface area contributed by atoms with Crippen molar-refractivity contribution in [2.24, 2.45) is 33.7 Å². The Bertz CT molecular complexity index is 2110. The van der Waals surface area contributed by atoms with E-state index in [-0.39, 0.29) is 93.0 Å². The van der Waals surface area contributed by atoms with Gasteiger partial charge in [0.05, 0.1) is 29.0 Å². The molecule has 1 spiro atoms. The first-order valence-electron chi connectivity index (χ1n) is 21.8. The van der Waals surface area contributed by atoms with E-state index in [0.29, 0.717) is 49.1 Å². The number of ketones is 1. The number of phenolic OH excluding ortho intramolecular Hbond substituents is 2. The zero-order valence-electron chi connectivity index (χ0n) is 37.1. The zero-order chi connectivity index (χ0) is 43.5. The molecule has 1 saturated heterocycles. The molecule has 5 rings (SSSR count). The van der Waals surface area contributed by atoms with Crippen LogP contribution in [0.25, 0.3) is 10.8 Å². The van der Waals surface area contributed by atoms with Gasteiger partial charge < -0.3 is 35.0 Å². The van der Waals surface area contributed by atoms with Gasteiger partial charge in [0, 0.05) is 54.3 Å². The zero-order valence-corrected chi connectivity index (χ0v) is 37.1. The van der Waals surface area contributed by atoms with Crippen LogP contribution in [0.4, 0.5) is 5.69 Å². The molecule has 9 atom stereocenters. The van der Waals surface area contributed by atoms with Gasteiger partial charge in [-0.05, 0) is 90.5 Å². The number of carbonyl (C=O) groups excluding carboxylic acids is 3. The van der Waals surface area contributed by atoms with Gasteiger partial charge in [-0.3, -0.25) is 24.4 Å². The van der Waals surface area contributed by atoms with Gasteiger partial charge in [-0.1, -0.05) is 59.8 Å². The molecule has 3 heterocycles. The lowest BCUT2D eigenvalue weighted by atomic mass is 9.79. The van der Waals surface area contributed by atoms with Crippen LogP contribution in [0.15, 0.2) is 33.8 Å². The molecule has 59 heavy (non-hydrogen) atoms. The van der Waals surface area contributed by atoms with Gasteiger partial charge in [-0.15, -0.1) is 0 Å². The van der Waals surface area contributed by atoms with Gasteiger partial charge in [0.2, 0.25) is 0 Å². The first-order chi connectivity index (χ1) is 27.9. The van der Waals surface area contributed by atoms with Crippen LogP contribution >= 0.6 is 0 Å². The minimum absolute atomic E-state index is 0.00119. The molecule has 2 aromatic carbocycles. The van der Waals surface area contributed by atoms with Crippen molar-refractivity contribution >= 4 is 34.1 Å². The third-order valence-electron chi connectivity index (χ3n) is 13.3. The summed E-state index contributed by atoms with van der Waals surface area (Å²) in [6.45, 7) is 19.0. The summed E-state index contributed by atoms with van der Waals surface area (Å²) in [7, 11) is 2.15. The van der Waals surface area contributed by atoms with Crippen molar-refractivity contribution in [1.82, 2.24) is 4.90 Å². The minimum Gasteiger partial charge on any atom is -0.507 e. The van der Waals surface area contributed by atoms with Crippen LogP contribution in [0.5, 0.6) is 17.2 Å². The van der Waals surface area contributed by atoms with E-state index in [9.17, 15) is 29.7 Å². The largest absolute Gasteiger partial charge is 0.507 e. The molecular formula is C47H68N4O8. The molecule has 0 aliphatic carbocycles. The van der Waals surface area contributed by atoms with Crippen molar-refractivity contribution in [3.05, 3.63) is 45.6 Å². The number of carbonyl (C=O) groups is 3. The second-order valence-corrected chi connectivity index (χ2v) is 17.6. The van der Waals surface area contributed by atoms with Crippen molar-refractivity contribution in [3.8, 4) is 17.2 Å². The number of nitrogens with zero attached hydrogens (tertiary/aromatic N) is 3. The lowest BCUT2D eigenvalue weighted by molar-refractivity contribution is -0.156. The third kappa shape index (κ3) is 9.38. The molecule has 3 aliphatic heterocycles. The van der Waals surface area contributed by atoms with E-state index in [1.54, 1.807) is 26.8 Å². The number of phenols is 2. The number of aliphatic hydroxyl groups excluding tert-OH is 1. The summed E-state index contributed by atoms with van der Waals surface area (Å²) in [6, 6.07) is 0.467. The van der Waals surface area contributed by atoms with Crippen LogP contribution in [0.2, 0.25) is 0 Å². The van der Waals surface area contributed by atoms with Gasteiger partial charge in [-0.25, -0.2) is 0 Å². The van der Waals surface area contributed by atoms with Gasteiger partial charge >= 0.3 is 5.97 Å². The first-order valence-corrected chi connectivity index (χ1v) is 21.8. The Labute approximate surface area is 349 Å². The van der Waals surface area contributed by atoms with Crippen LogP contribution in [0.3, 0.4) is 0 Å². The molecular weight excluding hydrogens is 749 g/mol. The predicted molar refractivity (Wildman–Crippen MR) is 231 cm³/mol. The number of esters is 1. The Kier molecular flexibility index (Phi) is 14.7. The SMILES string of the molecule is CCOc1c(C)c(O)c2c(O)c3c4c(c2c1C(=O)CCC[C@@H](C)[C@@H](OC(C)=O)[C@H](C)[C@H](O)[C@H](C)C[C@@H](C)/C=C/C=C(/C)C(=O)N3)=N[C@]1(CC[C@@H](CC)N(C)[C@@H](CC)C1)N=4. The molecule has 0 aromatic heterocycles. The van der Waals surface area contributed by atoms with Gasteiger partial charge in [0.1, 0.15) is 28.6 Å². The minimum atomic E-state index is -0.941. The van der Waals surface area contributed by atoms with Gasteiger partial charge in [0.15, 0.2) is 17.2 Å². The fourth-order valence-electron chi connectivity index (χ4n) is 9.80. The van der Waals surface area contributed by atoms with Gasteiger partial charge in [0.25, 0.3) is 5.91 Å². The fraction of sp³-hybridized carbons (Fsp3) is 0.638. The highest BCUT2D eigenvalue weighted by Gasteiger charge is 2.42. The highest BCUT2D eigenvalue weighted by molar-refractivity contribution is 6.16. The molecule has 12 heteroatoms. The average Bonchev–Trinajstić information content (AvgIpc) is 3.50. The number of benzene rings is 2. The van der Waals surface area contributed by atoms with Crippen LogP contribution < -0.4 is 20.8 Å². The Hall–Kier alpha value is -4.29. The molecule has 324 valence electrons. The summed E-state index contributed by atoms with van der Waals surface area (Å²) >= 11 is 0.